The summed E-state index contributed by atoms with van der Waals surface area (Å²) in [5.41, 5.74) is 1.70. The SMILES string of the molecule is CCC(=O)Nc1ccc(Cl)c(NCC2CCCC2)c1. The van der Waals surface area contributed by atoms with E-state index in [1.165, 1.54) is 25.7 Å². The first-order chi connectivity index (χ1) is 9.19. The molecule has 1 aromatic carbocycles. The predicted molar refractivity (Wildman–Crippen MR) is 80.8 cm³/mol. The molecule has 0 bridgehead atoms. The Morgan fingerprint density at radius 3 is 2.79 bits per heavy atom. The molecule has 1 aromatic rings. The van der Waals surface area contributed by atoms with Gasteiger partial charge in [0.2, 0.25) is 5.91 Å². The minimum Gasteiger partial charge on any atom is -0.384 e. The van der Waals surface area contributed by atoms with Crippen LogP contribution in [0.3, 0.4) is 0 Å². The van der Waals surface area contributed by atoms with Crippen molar-refractivity contribution in [3.8, 4) is 0 Å². The fraction of sp³-hybridized carbons (Fsp3) is 0.533. The van der Waals surface area contributed by atoms with Gasteiger partial charge in [0, 0.05) is 18.7 Å². The number of hydrogen-bond donors (Lipinski definition) is 2. The summed E-state index contributed by atoms with van der Waals surface area (Å²) in [6.45, 7) is 2.80. The first kappa shape index (κ1) is 14.2. The molecule has 19 heavy (non-hydrogen) atoms. The molecule has 1 aliphatic rings. The number of nitrogens with one attached hydrogen (secondary N) is 2. The number of carbonyl (C=O) groups is 1. The summed E-state index contributed by atoms with van der Waals surface area (Å²) in [6.07, 6.45) is 5.76. The van der Waals surface area contributed by atoms with Gasteiger partial charge in [0.05, 0.1) is 10.7 Å². The van der Waals surface area contributed by atoms with Crippen LogP contribution in [0.4, 0.5) is 11.4 Å². The van der Waals surface area contributed by atoms with E-state index in [0.29, 0.717) is 11.4 Å². The Morgan fingerprint density at radius 1 is 1.37 bits per heavy atom. The maximum atomic E-state index is 11.4. The second-order valence-electron chi connectivity index (χ2n) is 5.13. The highest BCUT2D eigenvalue weighted by molar-refractivity contribution is 6.33. The predicted octanol–water partition coefficient (Wildman–Crippen LogP) is 4.29. The van der Waals surface area contributed by atoms with E-state index >= 15 is 0 Å². The van der Waals surface area contributed by atoms with Crippen LogP contribution >= 0.6 is 11.6 Å². The molecule has 3 nitrogen and oxygen atoms in total. The molecule has 2 rings (SSSR count). The van der Waals surface area contributed by atoms with Gasteiger partial charge in [-0.3, -0.25) is 4.79 Å². The Kier molecular flexibility index (Phi) is 5.08. The Bertz CT molecular complexity index is 442. The molecule has 1 aliphatic carbocycles. The molecule has 0 saturated heterocycles. The van der Waals surface area contributed by atoms with Crippen LogP contribution in [0.5, 0.6) is 0 Å². The molecule has 0 aliphatic heterocycles. The van der Waals surface area contributed by atoms with Gasteiger partial charge in [-0.05, 0) is 37.0 Å². The minimum absolute atomic E-state index is 0.0177. The number of amides is 1. The molecular weight excluding hydrogens is 260 g/mol. The summed E-state index contributed by atoms with van der Waals surface area (Å²) < 4.78 is 0. The Hall–Kier alpha value is -1.22. The van der Waals surface area contributed by atoms with Gasteiger partial charge in [-0.25, -0.2) is 0 Å². The minimum atomic E-state index is 0.0177. The third-order valence-corrected chi connectivity index (χ3v) is 3.96. The average molecular weight is 281 g/mol. The van der Waals surface area contributed by atoms with E-state index in [2.05, 4.69) is 10.6 Å². The van der Waals surface area contributed by atoms with Crippen molar-refractivity contribution < 1.29 is 4.79 Å². The van der Waals surface area contributed by atoms with Gasteiger partial charge in [0.1, 0.15) is 0 Å². The molecular formula is C15H21ClN2O. The Labute approximate surface area is 119 Å². The normalized spacial score (nSPS) is 15.5. The maximum Gasteiger partial charge on any atom is 0.224 e. The van der Waals surface area contributed by atoms with Crippen molar-refractivity contribution in [2.24, 2.45) is 5.92 Å². The molecule has 0 aromatic heterocycles. The lowest BCUT2D eigenvalue weighted by atomic mass is 10.1. The lowest BCUT2D eigenvalue weighted by Crippen LogP contribution is -2.12. The van der Waals surface area contributed by atoms with Crippen LogP contribution in [0.25, 0.3) is 0 Å². The summed E-state index contributed by atoms with van der Waals surface area (Å²) in [5, 5.41) is 6.95. The highest BCUT2D eigenvalue weighted by atomic mass is 35.5. The van der Waals surface area contributed by atoms with Gasteiger partial charge in [0.25, 0.3) is 0 Å². The van der Waals surface area contributed by atoms with Crippen molar-refractivity contribution in [1.82, 2.24) is 0 Å². The number of carbonyl (C=O) groups excluding carboxylic acids is 1. The number of rotatable bonds is 5. The van der Waals surface area contributed by atoms with E-state index in [1.54, 1.807) is 0 Å². The second kappa shape index (κ2) is 6.80. The molecule has 0 heterocycles. The molecule has 2 N–H and O–H groups in total. The lowest BCUT2D eigenvalue weighted by molar-refractivity contribution is -0.115. The zero-order valence-electron chi connectivity index (χ0n) is 11.3. The van der Waals surface area contributed by atoms with E-state index < -0.39 is 0 Å². The number of hydrogen-bond acceptors (Lipinski definition) is 2. The van der Waals surface area contributed by atoms with Gasteiger partial charge in [-0.1, -0.05) is 31.4 Å². The van der Waals surface area contributed by atoms with E-state index in [9.17, 15) is 4.79 Å². The maximum absolute atomic E-state index is 11.4. The van der Waals surface area contributed by atoms with Crippen molar-refractivity contribution >= 4 is 28.9 Å². The summed E-state index contributed by atoms with van der Waals surface area (Å²) in [4.78, 5) is 11.4. The third-order valence-electron chi connectivity index (χ3n) is 3.63. The molecule has 0 unspecified atom stereocenters. The Morgan fingerprint density at radius 2 is 2.11 bits per heavy atom. The van der Waals surface area contributed by atoms with E-state index in [4.69, 9.17) is 11.6 Å². The monoisotopic (exact) mass is 280 g/mol. The molecule has 0 radical (unpaired) electrons. The van der Waals surface area contributed by atoms with E-state index in [-0.39, 0.29) is 5.91 Å². The molecule has 1 saturated carbocycles. The average Bonchev–Trinajstić information content (AvgIpc) is 2.92. The van der Waals surface area contributed by atoms with Crippen LogP contribution in [-0.2, 0) is 4.79 Å². The van der Waals surface area contributed by atoms with Crippen LogP contribution in [0.1, 0.15) is 39.0 Å². The molecule has 1 fully saturated rings. The molecule has 0 atom stereocenters. The van der Waals surface area contributed by atoms with Crippen LogP contribution in [0.15, 0.2) is 18.2 Å². The largest absolute Gasteiger partial charge is 0.384 e. The van der Waals surface area contributed by atoms with Crippen molar-refractivity contribution in [3.05, 3.63) is 23.2 Å². The van der Waals surface area contributed by atoms with Crippen LogP contribution < -0.4 is 10.6 Å². The quantitative estimate of drug-likeness (QED) is 0.845. The first-order valence-electron chi connectivity index (χ1n) is 7.02. The number of anilines is 2. The first-order valence-corrected chi connectivity index (χ1v) is 7.40. The molecule has 1 amide bonds. The van der Waals surface area contributed by atoms with Crippen molar-refractivity contribution in [2.75, 3.05) is 17.2 Å². The van der Waals surface area contributed by atoms with E-state index in [0.717, 1.165) is 23.8 Å². The van der Waals surface area contributed by atoms with Crippen molar-refractivity contribution in [1.29, 1.82) is 0 Å². The summed E-state index contributed by atoms with van der Waals surface area (Å²) in [6, 6.07) is 5.56. The zero-order chi connectivity index (χ0) is 13.7. The summed E-state index contributed by atoms with van der Waals surface area (Å²) in [7, 11) is 0. The highest BCUT2D eigenvalue weighted by Crippen LogP contribution is 2.29. The number of halogens is 1. The lowest BCUT2D eigenvalue weighted by Gasteiger charge is -2.14. The molecule has 4 heteroatoms. The second-order valence-corrected chi connectivity index (χ2v) is 5.53. The van der Waals surface area contributed by atoms with Crippen molar-refractivity contribution in [3.63, 3.8) is 0 Å². The molecule has 0 spiro atoms. The van der Waals surface area contributed by atoms with Crippen LogP contribution in [0.2, 0.25) is 5.02 Å². The van der Waals surface area contributed by atoms with Crippen molar-refractivity contribution in [2.45, 2.75) is 39.0 Å². The third kappa shape index (κ3) is 4.13. The summed E-state index contributed by atoms with van der Waals surface area (Å²) in [5.74, 6) is 0.772. The van der Waals surface area contributed by atoms with Gasteiger partial charge >= 0.3 is 0 Å². The topological polar surface area (TPSA) is 41.1 Å². The number of benzene rings is 1. The summed E-state index contributed by atoms with van der Waals surface area (Å²) >= 11 is 6.18. The fourth-order valence-electron chi connectivity index (χ4n) is 2.46. The van der Waals surface area contributed by atoms with Crippen LogP contribution in [0, 0.1) is 5.92 Å². The van der Waals surface area contributed by atoms with Gasteiger partial charge < -0.3 is 10.6 Å². The van der Waals surface area contributed by atoms with E-state index in [1.807, 2.05) is 25.1 Å². The van der Waals surface area contributed by atoms with Crippen LogP contribution in [-0.4, -0.2) is 12.5 Å². The zero-order valence-corrected chi connectivity index (χ0v) is 12.1. The van der Waals surface area contributed by atoms with Gasteiger partial charge in [-0.15, -0.1) is 0 Å². The van der Waals surface area contributed by atoms with Gasteiger partial charge in [-0.2, -0.15) is 0 Å². The smallest absolute Gasteiger partial charge is 0.224 e. The fourth-order valence-corrected chi connectivity index (χ4v) is 2.64. The molecule has 104 valence electrons. The Balaban J connectivity index is 1.97. The highest BCUT2D eigenvalue weighted by Gasteiger charge is 2.15. The van der Waals surface area contributed by atoms with Gasteiger partial charge in [0.15, 0.2) is 0 Å². The standard InChI is InChI=1S/C15H21ClN2O/c1-2-15(19)18-12-7-8-13(16)14(9-12)17-10-11-5-3-4-6-11/h7-9,11,17H,2-6,10H2,1H3,(H,18,19).